The molecule has 0 radical (unpaired) electrons. The Labute approximate surface area is 78.3 Å². The highest BCUT2D eigenvalue weighted by atomic mass is 16.2. The summed E-state index contributed by atoms with van der Waals surface area (Å²) in [6, 6.07) is 9.75. The van der Waals surface area contributed by atoms with Gasteiger partial charge in [0.15, 0.2) is 0 Å². The zero-order chi connectivity index (χ0) is 9.68. The maximum absolute atomic E-state index is 10.8. The monoisotopic (exact) mass is 178 g/mol. The number of para-hydroxylation sites is 1. The summed E-state index contributed by atoms with van der Waals surface area (Å²) >= 11 is 0. The molecule has 1 rings (SSSR count). The quantitative estimate of drug-likeness (QED) is 0.712. The van der Waals surface area contributed by atoms with Crippen LogP contribution < -0.4 is 10.4 Å². The lowest BCUT2D eigenvalue weighted by Gasteiger charge is -2.22. The molecular weight excluding hydrogens is 164 g/mol. The van der Waals surface area contributed by atoms with Crippen molar-refractivity contribution in [1.82, 2.24) is 5.43 Å². The number of benzene rings is 1. The zero-order valence-corrected chi connectivity index (χ0v) is 7.95. The molecule has 0 saturated carbocycles. The molecule has 0 unspecified atom stereocenters. The third-order valence-electron chi connectivity index (χ3n) is 1.68. The second-order valence-electron chi connectivity index (χ2n) is 2.75. The Balaban J connectivity index is 2.73. The van der Waals surface area contributed by atoms with Crippen molar-refractivity contribution in [2.45, 2.75) is 13.8 Å². The lowest BCUT2D eigenvalue weighted by Crippen LogP contribution is -2.40. The van der Waals surface area contributed by atoms with Gasteiger partial charge in [0.25, 0.3) is 0 Å². The minimum atomic E-state index is -0.0503. The second-order valence-corrected chi connectivity index (χ2v) is 2.75. The van der Waals surface area contributed by atoms with Crippen molar-refractivity contribution in [2.75, 3.05) is 11.6 Å². The van der Waals surface area contributed by atoms with Gasteiger partial charge in [-0.1, -0.05) is 18.2 Å². The minimum Gasteiger partial charge on any atom is -0.286 e. The number of hydrogen-bond acceptors (Lipinski definition) is 2. The second kappa shape index (κ2) is 4.50. The first-order chi connectivity index (χ1) is 6.24. The third-order valence-corrected chi connectivity index (χ3v) is 1.68. The first-order valence-corrected chi connectivity index (χ1v) is 4.34. The van der Waals surface area contributed by atoms with Gasteiger partial charge in [-0.3, -0.25) is 15.2 Å². The van der Waals surface area contributed by atoms with Crippen molar-refractivity contribution < 1.29 is 4.79 Å². The lowest BCUT2D eigenvalue weighted by atomic mass is 10.3. The largest absolute Gasteiger partial charge is 0.286 e. The molecule has 0 aliphatic rings. The fourth-order valence-electron chi connectivity index (χ4n) is 1.12. The first kappa shape index (κ1) is 9.58. The van der Waals surface area contributed by atoms with Gasteiger partial charge in [0.1, 0.15) is 0 Å². The van der Waals surface area contributed by atoms with Gasteiger partial charge in [-0.25, -0.2) is 0 Å². The van der Waals surface area contributed by atoms with E-state index in [0.29, 0.717) is 0 Å². The average Bonchev–Trinajstić information content (AvgIpc) is 2.15. The van der Waals surface area contributed by atoms with Gasteiger partial charge in [0, 0.05) is 13.5 Å². The number of nitrogens with one attached hydrogen (secondary N) is 1. The molecule has 1 amide bonds. The molecule has 0 saturated heterocycles. The molecule has 0 aliphatic heterocycles. The number of nitrogens with zero attached hydrogens (tertiary/aromatic N) is 1. The normalized spacial score (nSPS) is 9.38. The fourth-order valence-corrected chi connectivity index (χ4v) is 1.12. The molecule has 0 aliphatic carbocycles. The van der Waals surface area contributed by atoms with Crippen molar-refractivity contribution >= 4 is 11.6 Å². The molecule has 70 valence electrons. The number of carbonyl (C=O) groups excluding carboxylic acids is 1. The highest BCUT2D eigenvalue weighted by Gasteiger charge is 2.02. The summed E-state index contributed by atoms with van der Waals surface area (Å²) in [4.78, 5) is 10.8. The number of rotatable bonds is 3. The number of hydrogen-bond donors (Lipinski definition) is 1. The van der Waals surface area contributed by atoms with Crippen molar-refractivity contribution in [3.05, 3.63) is 30.3 Å². The SMILES string of the molecule is CCN(NC(C)=O)c1ccccc1. The highest BCUT2D eigenvalue weighted by Crippen LogP contribution is 2.09. The zero-order valence-electron chi connectivity index (χ0n) is 7.95. The van der Waals surface area contributed by atoms with Gasteiger partial charge in [-0.2, -0.15) is 0 Å². The van der Waals surface area contributed by atoms with Crippen molar-refractivity contribution in [2.24, 2.45) is 0 Å². The van der Waals surface area contributed by atoms with Crippen LogP contribution in [-0.2, 0) is 4.79 Å². The molecule has 0 spiro atoms. The summed E-state index contributed by atoms with van der Waals surface area (Å²) in [6.07, 6.45) is 0. The van der Waals surface area contributed by atoms with Crippen LogP contribution in [0.25, 0.3) is 0 Å². The van der Waals surface area contributed by atoms with Crippen LogP contribution in [-0.4, -0.2) is 12.5 Å². The van der Waals surface area contributed by atoms with Crippen LogP contribution in [0.3, 0.4) is 0 Å². The maximum atomic E-state index is 10.8. The number of hydrazine groups is 1. The van der Waals surface area contributed by atoms with Gasteiger partial charge in [0.05, 0.1) is 5.69 Å². The Morgan fingerprint density at radius 3 is 2.46 bits per heavy atom. The minimum absolute atomic E-state index is 0.0503. The van der Waals surface area contributed by atoms with Crippen LogP contribution in [0.4, 0.5) is 5.69 Å². The summed E-state index contributed by atoms with van der Waals surface area (Å²) in [5.74, 6) is -0.0503. The lowest BCUT2D eigenvalue weighted by molar-refractivity contribution is -0.119. The van der Waals surface area contributed by atoms with Crippen LogP contribution >= 0.6 is 0 Å². The highest BCUT2D eigenvalue weighted by molar-refractivity contribution is 5.75. The molecule has 0 heterocycles. The Morgan fingerprint density at radius 1 is 1.38 bits per heavy atom. The van der Waals surface area contributed by atoms with Gasteiger partial charge in [0.2, 0.25) is 5.91 Å². The van der Waals surface area contributed by atoms with E-state index in [1.165, 1.54) is 6.92 Å². The number of anilines is 1. The van der Waals surface area contributed by atoms with Crippen LogP contribution in [0.5, 0.6) is 0 Å². The van der Waals surface area contributed by atoms with E-state index in [1.54, 1.807) is 0 Å². The van der Waals surface area contributed by atoms with Crippen molar-refractivity contribution in [1.29, 1.82) is 0 Å². The van der Waals surface area contributed by atoms with Crippen LogP contribution in [0.15, 0.2) is 30.3 Å². The van der Waals surface area contributed by atoms with E-state index < -0.39 is 0 Å². The molecule has 1 aromatic carbocycles. The van der Waals surface area contributed by atoms with Gasteiger partial charge < -0.3 is 0 Å². The van der Waals surface area contributed by atoms with E-state index in [1.807, 2.05) is 42.3 Å². The molecule has 1 N–H and O–H groups in total. The van der Waals surface area contributed by atoms with E-state index >= 15 is 0 Å². The predicted octanol–water partition coefficient (Wildman–Crippen LogP) is 1.56. The molecule has 0 atom stereocenters. The summed E-state index contributed by atoms with van der Waals surface area (Å²) in [7, 11) is 0. The smallest absolute Gasteiger partial charge is 0.235 e. The standard InChI is InChI=1S/C10H14N2O/c1-3-12(11-9(2)13)10-7-5-4-6-8-10/h4-8H,3H2,1-2H3,(H,11,13). The van der Waals surface area contributed by atoms with Gasteiger partial charge in [-0.15, -0.1) is 0 Å². The summed E-state index contributed by atoms with van der Waals surface area (Å²) < 4.78 is 0. The Morgan fingerprint density at radius 2 is 2.00 bits per heavy atom. The molecule has 13 heavy (non-hydrogen) atoms. The van der Waals surface area contributed by atoms with Crippen molar-refractivity contribution in [3.8, 4) is 0 Å². The van der Waals surface area contributed by atoms with Crippen LogP contribution in [0.2, 0.25) is 0 Å². The average molecular weight is 178 g/mol. The predicted molar refractivity (Wildman–Crippen MR) is 53.3 cm³/mol. The third kappa shape index (κ3) is 2.78. The Kier molecular flexibility index (Phi) is 3.31. The van der Waals surface area contributed by atoms with Crippen LogP contribution in [0.1, 0.15) is 13.8 Å². The molecule has 1 aromatic rings. The number of amides is 1. The summed E-state index contributed by atoms with van der Waals surface area (Å²) in [5.41, 5.74) is 3.74. The fraction of sp³-hybridized carbons (Fsp3) is 0.300. The van der Waals surface area contributed by atoms with Crippen molar-refractivity contribution in [3.63, 3.8) is 0 Å². The topological polar surface area (TPSA) is 32.3 Å². The molecule has 3 nitrogen and oxygen atoms in total. The van der Waals surface area contributed by atoms with Gasteiger partial charge in [-0.05, 0) is 19.1 Å². The molecule has 0 fully saturated rings. The molecule has 0 bridgehead atoms. The van der Waals surface area contributed by atoms with E-state index in [0.717, 1.165) is 12.2 Å². The molecule has 3 heteroatoms. The summed E-state index contributed by atoms with van der Waals surface area (Å²) in [6.45, 7) is 4.25. The Bertz CT molecular complexity index is 272. The van der Waals surface area contributed by atoms with E-state index in [9.17, 15) is 4.79 Å². The van der Waals surface area contributed by atoms with Gasteiger partial charge >= 0.3 is 0 Å². The van der Waals surface area contributed by atoms with Crippen LogP contribution in [0, 0.1) is 0 Å². The van der Waals surface area contributed by atoms with E-state index in [2.05, 4.69) is 5.43 Å². The Hall–Kier alpha value is -1.51. The van der Waals surface area contributed by atoms with E-state index in [-0.39, 0.29) is 5.91 Å². The summed E-state index contributed by atoms with van der Waals surface area (Å²) in [5, 5.41) is 1.81. The van der Waals surface area contributed by atoms with E-state index in [4.69, 9.17) is 0 Å². The maximum Gasteiger partial charge on any atom is 0.235 e. The molecular formula is C10H14N2O. The molecule has 0 aromatic heterocycles. The first-order valence-electron chi connectivity index (χ1n) is 4.34. The number of carbonyl (C=O) groups is 1.